The second-order valence-corrected chi connectivity index (χ2v) is 10.4. The number of hydrogen-bond donors (Lipinski definition) is 0. The van der Waals surface area contributed by atoms with Crippen LogP contribution in [0.3, 0.4) is 0 Å². The Kier molecular flexibility index (Phi) is 5.20. The number of hydrogen-bond acceptors (Lipinski definition) is 0. The summed E-state index contributed by atoms with van der Waals surface area (Å²) in [4.78, 5) is 0. The molecule has 3 aliphatic carbocycles. The van der Waals surface area contributed by atoms with Gasteiger partial charge in [-0.3, -0.25) is 0 Å². The van der Waals surface area contributed by atoms with Crippen LogP contribution >= 0.6 is 0 Å². The van der Waals surface area contributed by atoms with Gasteiger partial charge in [0.25, 0.3) is 0 Å². The lowest BCUT2D eigenvalue weighted by atomic mass is 9.60. The van der Waals surface area contributed by atoms with Gasteiger partial charge in [0, 0.05) is 0 Å². The summed E-state index contributed by atoms with van der Waals surface area (Å²) >= 11 is 0. The standard InChI is InChI=1S/C27H35F/c1-18-2-4-19(5-3-18)20-6-7-22-15-23(9-8-21(22)14-20)24-10-11-26-17-27(28)13-12-25(26)16-24/h10-13,16-23H,2-9,14-15H2,1H3/t18?,19?,20?,21-,22-,23-/m1/s1. The van der Waals surface area contributed by atoms with Gasteiger partial charge in [-0.1, -0.05) is 44.0 Å². The number of halogens is 1. The first-order valence-electron chi connectivity index (χ1n) is 11.8. The molecule has 0 saturated heterocycles. The topological polar surface area (TPSA) is 0 Å². The van der Waals surface area contributed by atoms with Gasteiger partial charge >= 0.3 is 0 Å². The first-order chi connectivity index (χ1) is 13.7. The maximum absolute atomic E-state index is 13.5. The third kappa shape index (κ3) is 3.74. The minimum absolute atomic E-state index is 0.134. The molecule has 5 rings (SSSR count). The van der Waals surface area contributed by atoms with Crippen LogP contribution in [0.15, 0.2) is 36.4 Å². The summed E-state index contributed by atoms with van der Waals surface area (Å²) in [7, 11) is 0. The highest BCUT2D eigenvalue weighted by Crippen LogP contribution is 2.51. The fourth-order valence-corrected chi connectivity index (χ4v) is 6.90. The lowest BCUT2D eigenvalue weighted by molar-refractivity contribution is 0.0732. The molecule has 0 heterocycles. The molecule has 0 bridgehead atoms. The van der Waals surface area contributed by atoms with E-state index in [1.54, 1.807) is 12.1 Å². The van der Waals surface area contributed by atoms with Crippen molar-refractivity contribution in [3.05, 3.63) is 47.8 Å². The smallest absolute Gasteiger partial charge is 0.123 e. The van der Waals surface area contributed by atoms with Crippen LogP contribution in [-0.4, -0.2) is 0 Å². The van der Waals surface area contributed by atoms with Crippen LogP contribution in [0.25, 0.3) is 10.8 Å². The van der Waals surface area contributed by atoms with E-state index in [2.05, 4.69) is 25.1 Å². The Labute approximate surface area is 169 Å². The maximum atomic E-state index is 13.5. The minimum Gasteiger partial charge on any atom is -0.207 e. The average molecular weight is 379 g/mol. The van der Waals surface area contributed by atoms with Crippen molar-refractivity contribution in [2.45, 2.75) is 77.0 Å². The molecule has 0 aliphatic heterocycles. The van der Waals surface area contributed by atoms with Crippen molar-refractivity contribution < 1.29 is 4.39 Å². The zero-order chi connectivity index (χ0) is 19.1. The van der Waals surface area contributed by atoms with Gasteiger partial charge in [-0.15, -0.1) is 0 Å². The Morgan fingerprint density at radius 3 is 2.07 bits per heavy atom. The highest BCUT2D eigenvalue weighted by molar-refractivity contribution is 5.83. The van der Waals surface area contributed by atoms with Crippen LogP contribution in [0.1, 0.15) is 82.6 Å². The summed E-state index contributed by atoms with van der Waals surface area (Å²) in [6.45, 7) is 2.44. The van der Waals surface area contributed by atoms with E-state index in [-0.39, 0.29) is 5.82 Å². The number of benzene rings is 2. The van der Waals surface area contributed by atoms with Gasteiger partial charge in [0.15, 0.2) is 0 Å². The highest BCUT2D eigenvalue weighted by atomic mass is 19.1. The van der Waals surface area contributed by atoms with E-state index in [1.165, 1.54) is 75.2 Å². The molecule has 3 saturated carbocycles. The molecule has 1 heteroatoms. The largest absolute Gasteiger partial charge is 0.207 e. The van der Waals surface area contributed by atoms with E-state index in [1.807, 2.05) is 6.07 Å². The lowest BCUT2D eigenvalue weighted by Crippen LogP contribution is -2.34. The van der Waals surface area contributed by atoms with Crippen molar-refractivity contribution in [2.75, 3.05) is 0 Å². The fourth-order valence-electron chi connectivity index (χ4n) is 6.90. The predicted molar refractivity (Wildman–Crippen MR) is 116 cm³/mol. The Morgan fingerprint density at radius 1 is 0.643 bits per heavy atom. The number of rotatable bonds is 2. The monoisotopic (exact) mass is 378 g/mol. The summed E-state index contributed by atoms with van der Waals surface area (Å²) in [5, 5.41) is 2.22. The van der Waals surface area contributed by atoms with Crippen LogP contribution in [0.2, 0.25) is 0 Å². The third-order valence-corrected chi connectivity index (χ3v) is 8.68. The van der Waals surface area contributed by atoms with E-state index in [0.717, 1.165) is 35.0 Å². The van der Waals surface area contributed by atoms with Crippen LogP contribution in [0, 0.1) is 35.4 Å². The van der Waals surface area contributed by atoms with Gasteiger partial charge in [-0.05, 0) is 115 Å². The summed E-state index contributed by atoms with van der Waals surface area (Å²) < 4.78 is 13.5. The Bertz CT molecular complexity index is 816. The Hall–Kier alpha value is -1.37. The minimum atomic E-state index is -0.134. The van der Waals surface area contributed by atoms with Crippen LogP contribution in [0.4, 0.5) is 4.39 Å². The van der Waals surface area contributed by atoms with Crippen molar-refractivity contribution >= 4 is 10.8 Å². The van der Waals surface area contributed by atoms with E-state index in [4.69, 9.17) is 0 Å². The van der Waals surface area contributed by atoms with Crippen molar-refractivity contribution in [1.82, 2.24) is 0 Å². The van der Waals surface area contributed by atoms with Gasteiger partial charge in [0.05, 0.1) is 0 Å². The Morgan fingerprint density at radius 2 is 1.25 bits per heavy atom. The molecule has 3 fully saturated rings. The van der Waals surface area contributed by atoms with Gasteiger partial charge < -0.3 is 0 Å². The molecule has 0 amide bonds. The SMILES string of the molecule is CC1CCC(C2CC[C@@H]3C[C@H](c4ccc5cc(F)ccc5c4)CC[C@@H]3C2)CC1. The third-order valence-electron chi connectivity index (χ3n) is 8.68. The van der Waals surface area contributed by atoms with Gasteiger partial charge in [0.1, 0.15) is 5.82 Å². The maximum Gasteiger partial charge on any atom is 0.123 e. The molecule has 1 unspecified atom stereocenters. The average Bonchev–Trinajstić information content (AvgIpc) is 2.73. The second kappa shape index (κ2) is 7.81. The molecule has 150 valence electrons. The summed E-state index contributed by atoms with van der Waals surface area (Å²) in [5.74, 6) is 5.55. The first kappa shape index (κ1) is 18.6. The molecular formula is C27H35F. The molecule has 0 N–H and O–H groups in total. The molecular weight excluding hydrogens is 343 g/mol. The van der Waals surface area contributed by atoms with Crippen LogP contribution in [0.5, 0.6) is 0 Å². The molecule has 28 heavy (non-hydrogen) atoms. The first-order valence-corrected chi connectivity index (χ1v) is 11.8. The van der Waals surface area contributed by atoms with Crippen molar-refractivity contribution in [3.63, 3.8) is 0 Å². The van der Waals surface area contributed by atoms with Gasteiger partial charge in [0.2, 0.25) is 0 Å². The molecule has 3 aliphatic rings. The second-order valence-electron chi connectivity index (χ2n) is 10.4. The molecule has 2 aromatic rings. The van der Waals surface area contributed by atoms with Crippen molar-refractivity contribution in [2.24, 2.45) is 29.6 Å². The summed E-state index contributed by atoms with van der Waals surface area (Å²) in [6, 6.07) is 11.9. The molecule has 0 nitrogen and oxygen atoms in total. The predicted octanol–water partition coefficient (Wildman–Crippen LogP) is 8.11. The molecule has 4 atom stereocenters. The van der Waals surface area contributed by atoms with E-state index < -0.39 is 0 Å². The quantitative estimate of drug-likeness (QED) is 0.495. The van der Waals surface area contributed by atoms with Crippen LogP contribution < -0.4 is 0 Å². The highest BCUT2D eigenvalue weighted by Gasteiger charge is 2.38. The fraction of sp³-hybridized carbons (Fsp3) is 0.630. The zero-order valence-electron chi connectivity index (χ0n) is 17.4. The number of fused-ring (bicyclic) bond motifs is 2. The van der Waals surface area contributed by atoms with Crippen LogP contribution in [-0.2, 0) is 0 Å². The molecule has 0 spiro atoms. The van der Waals surface area contributed by atoms with E-state index in [9.17, 15) is 4.39 Å². The summed E-state index contributed by atoms with van der Waals surface area (Å²) in [5.41, 5.74) is 1.49. The van der Waals surface area contributed by atoms with Gasteiger partial charge in [-0.25, -0.2) is 4.39 Å². The zero-order valence-corrected chi connectivity index (χ0v) is 17.4. The summed E-state index contributed by atoms with van der Waals surface area (Å²) in [6.07, 6.45) is 14.6. The van der Waals surface area contributed by atoms with E-state index in [0.29, 0.717) is 5.92 Å². The molecule has 2 aromatic carbocycles. The lowest BCUT2D eigenvalue weighted by Gasteiger charge is -2.45. The van der Waals surface area contributed by atoms with Crippen molar-refractivity contribution in [1.29, 1.82) is 0 Å². The molecule has 0 radical (unpaired) electrons. The molecule has 0 aromatic heterocycles. The van der Waals surface area contributed by atoms with E-state index >= 15 is 0 Å². The van der Waals surface area contributed by atoms with Crippen molar-refractivity contribution in [3.8, 4) is 0 Å². The Balaban J connectivity index is 1.24. The van der Waals surface area contributed by atoms with Gasteiger partial charge in [-0.2, -0.15) is 0 Å². The normalized spacial score (nSPS) is 36.2.